The van der Waals surface area contributed by atoms with E-state index in [2.05, 4.69) is 0 Å². The summed E-state index contributed by atoms with van der Waals surface area (Å²) >= 11 is 0. The van der Waals surface area contributed by atoms with Gasteiger partial charge in [-0.25, -0.2) is 0 Å². The summed E-state index contributed by atoms with van der Waals surface area (Å²) in [6.07, 6.45) is 5.43. The molecule has 0 unspecified atom stereocenters. The molecule has 2 aromatic rings. The first kappa shape index (κ1) is 16.0. The smallest absolute Gasteiger partial charge is 0.313 e. The normalized spacial score (nSPS) is 11.0. The van der Waals surface area contributed by atoms with E-state index in [-0.39, 0.29) is 12.2 Å². The molecule has 3 nitrogen and oxygen atoms in total. The number of allylic oxidation sites excluding steroid dienone is 1. The molecule has 0 saturated carbocycles. The average Bonchev–Trinajstić information content (AvgIpc) is 2.54. The highest BCUT2D eigenvalue weighted by atomic mass is 16.5. The lowest BCUT2D eigenvalue weighted by molar-refractivity contribution is -0.142. The minimum absolute atomic E-state index is 0.208. The van der Waals surface area contributed by atoms with E-state index in [1.54, 1.807) is 6.07 Å². The third-order valence-electron chi connectivity index (χ3n) is 3.33. The lowest BCUT2D eigenvalue weighted by Gasteiger charge is -2.04. The largest absolute Gasteiger partial charge is 0.465 e. The molecule has 3 heteroatoms. The second-order valence-corrected chi connectivity index (χ2v) is 5.05. The van der Waals surface area contributed by atoms with Crippen LogP contribution in [0.25, 0.3) is 10.8 Å². The summed E-state index contributed by atoms with van der Waals surface area (Å²) in [5, 5.41) is 2.07. The Kier molecular flexibility index (Phi) is 5.90. The van der Waals surface area contributed by atoms with Gasteiger partial charge < -0.3 is 4.74 Å². The minimum Gasteiger partial charge on any atom is -0.465 e. The Hall–Kier alpha value is -2.42. The van der Waals surface area contributed by atoms with E-state index in [4.69, 9.17) is 4.74 Å². The number of benzene rings is 2. The summed E-state index contributed by atoms with van der Waals surface area (Å²) in [6.45, 7) is 2.37. The maximum absolute atomic E-state index is 12.1. The van der Waals surface area contributed by atoms with E-state index < -0.39 is 5.97 Å². The highest BCUT2D eigenvalue weighted by Crippen LogP contribution is 2.16. The first-order chi connectivity index (χ1) is 10.7. The lowest BCUT2D eigenvalue weighted by Crippen LogP contribution is -2.12. The Labute approximate surface area is 130 Å². The fourth-order valence-electron chi connectivity index (χ4n) is 2.17. The van der Waals surface area contributed by atoms with E-state index in [0.717, 1.165) is 17.2 Å². The Bertz CT molecular complexity index is 686. The number of ether oxygens (including phenoxy) is 1. The van der Waals surface area contributed by atoms with Crippen LogP contribution in [0.15, 0.2) is 54.6 Å². The Balaban J connectivity index is 1.90. The van der Waals surface area contributed by atoms with Crippen molar-refractivity contribution < 1.29 is 14.3 Å². The van der Waals surface area contributed by atoms with E-state index in [1.807, 2.05) is 55.5 Å². The van der Waals surface area contributed by atoms with Crippen molar-refractivity contribution in [3.63, 3.8) is 0 Å². The maximum atomic E-state index is 12.1. The van der Waals surface area contributed by atoms with Crippen LogP contribution in [0.3, 0.4) is 0 Å². The first-order valence-electron chi connectivity index (χ1n) is 7.53. The zero-order valence-electron chi connectivity index (χ0n) is 12.7. The lowest BCUT2D eigenvalue weighted by atomic mass is 10.0. The van der Waals surface area contributed by atoms with Crippen molar-refractivity contribution in [2.24, 2.45) is 0 Å². The zero-order valence-corrected chi connectivity index (χ0v) is 12.7. The van der Waals surface area contributed by atoms with Crippen molar-refractivity contribution in [3.05, 3.63) is 60.2 Å². The van der Waals surface area contributed by atoms with Crippen molar-refractivity contribution in [1.29, 1.82) is 0 Å². The molecule has 0 N–H and O–H groups in total. The van der Waals surface area contributed by atoms with E-state index in [9.17, 15) is 9.59 Å². The number of esters is 1. The predicted molar refractivity (Wildman–Crippen MR) is 87.9 cm³/mol. The molecular formula is C19H20O3. The third kappa shape index (κ3) is 4.55. The van der Waals surface area contributed by atoms with Gasteiger partial charge in [0.05, 0.1) is 6.61 Å². The maximum Gasteiger partial charge on any atom is 0.313 e. The third-order valence-corrected chi connectivity index (χ3v) is 3.33. The minimum atomic E-state index is -0.469. The van der Waals surface area contributed by atoms with E-state index >= 15 is 0 Å². The van der Waals surface area contributed by atoms with Gasteiger partial charge >= 0.3 is 5.97 Å². The Morgan fingerprint density at radius 1 is 1.05 bits per heavy atom. The van der Waals surface area contributed by atoms with Gasteiger partial charge in [0.1, 0.15) is 6.42 Å². The number of carbonyl (C=O) groups excluding carboxylic acids is 2. The summed E-state index contributed by atoms with van der Waals surface area (Å²) in [7, 11) is 0. The molecule has 0 fully saturated rings. The van der Waals surface area contributed by atoms with Gasteiger partial charge in [-0.3, -0.25) is 9.59 Å². The van der Waals surface area contributed by atoms with Gasteiger partial charge in [0.15, 0.2) is 5.78 Å². The Morgan fingerprint density at radius 3 is 2.59 bits per heavy atom. The molecule has 114 valence electrons. The quantitative estimate of drug-likeness (QED) is 0.251. The van der Waals surface area contributed by atoms with Gasteiger partial charge in [0.25, 0.3) is 0 Å². The molecule has 0 heterocycles. The van der Waals surface area contributed by atoms with Gasteiger partial charge in [-0.05, 0) is 29.7 Å². The second kappa shape index (κ2) is 8.13. The average molecular weight is 296 g/mol. The van der Waals surface area contributed by atoms with Gasteiger partial charge in [-0.15, -0.1) is 0 Å². The predicted octanol–water partition coefficient (Wildman–Crippen LogP) is 4.31. The topological polar surface area (TPSA) is 43.4 Å². The highest BCUT2D eigenvalue weighted by Gasteiger charge is 2.13. The molecule has 0 aliphatic rings. The van der Waals surface area contributed by atoms with Crippen molar-refractivity contribution >= 4 is 22.5 Å². The van der Waals surface area contributed by atoms with Crippen LogP contribution >= 0.6 is 0 Å². The number of Topliss-reactive ketones (excluding diaryl/α,β-unsaturated/α-hetero) is 1. The van der Waals surface area contributed by atoms with Gasteiger partial charge in [-0.2, -0.15) is 0 Å². The number of carbonyl (C=O) groups is 2. The molecule has 0 saturated heterocycles. The molecular weight excluding hydrogens is 276 g/mol. The van der Waals surface area contributed by atoms with Crippen LogP contribution in [-0.4, -0.2) is 18.4 Å². The molecule has 22 heavy (non-hydrogen) atoms. The van der Waals surface area contributed by atoms with E-state index in [1.165, 1.54) is 0 Å². The van der Waals surface area contributed by atoms with Crippen LogP contribution in [0.5, 0.6) is 0 Å². The SMILES string of the molecule is CC/C=C\CCOC(=O)CC(=O)c1ccc2ccccc2c1. The molecule has 0 aliphatic carbocycles. The van der Waals surface area contributed by atoms with Crippen LogP contribution in [0, 0.1) is 0 Å². The Morgan fingerprint density at radius 2 is 1.82 bits per heavy atom. The van der Waals surface area contributed by atoms with Gasteiger partial charge in [-0.1, -0.05) is 55.5 Å². The number of hydrogen-bond acceptors (Lipinski definition) is 3. The molecule has 0 amide bonds. The number of rotatable bonds is 7. The molecule has 0 bridgehead atoms. The standard InChI is InChI=1S/C19H20O3/c1-2-3-4-7-12-22-19(21)14-18(20)17-11-10-15-8-5-6-9-16(15)13-17/h3-6,8-11,13H,2,7,12,14H2,1H3/b4-3-. The monoisotopic (exact) mass is 296 g/mol. The fourth-order valence-corrected chi connectivity index (χ4v) is 2.17. The number of ketones is 1. The first-order valence-corrected chi connectivity index (χ1v) is 7.53. The van der Waals surface area contributed by atoms with Crippen LogP contribution in [0.2, 0.25) is 0 Å². The molecule has 0 spiro atoms. The van der Waals surface area contributed by atoms with Crippen LogP contribution < -0.4 is 0 Å². The molecule has 0 aromatic heterocycles. The van der Waals surface area contributed by atoms with Crippen molar-refractivity contribution in [3.8, 4) is 0 Å². The van der Waals surface area contributed by atoms with Gasteiger partial charge in [0, 0.05) is 5.56 Å². The molecule has 0 atom stereocenters. The highest BCUT2D eigenvalue weighted by molar-refractivity contribution is 6.07. The second-order valence-electron chi connectivity index (χ2n) is 5.05. The fraction of sp³-hybridized carbons (Fsp3) is 0.263. The summed E-state index contributed by atoms with van der Waals surface area (Å²) in [5.74, 6) is -0.678. The molecule has 2 aromatic carbocycles. The molecule has 0 aliphatic heterocycles. The molecule has 0 radical (unpaired) electrons. The van der Waals surface area contributed by atoms with Crippen LogP contribution in [0.1, 0.15) is 36.5 Å². The van der Waals surface area contributed by atoms with Crippen molar-refractivity contribution in [2.45, 2.75) is 26.2 Å². The van der Waals surface area contributed by atoms with Crippen LogP contribution in [0.4, 0.5) is 0 Å². The summed E-state index contributed by atoms with van der Waals surface area (Å²) < 4.78 is 5.06. The van der Waals surface area contributed by atoms with E-state index in [0.29, 0.717) is 18.6 Å². The zero-order chi connectivity index (χ0) is 15.8. The van der Waals surface area contributed by atoms with Crippen LogP contribution in [-0.2, 0) is 9.53 Å². The number of fused-ring (bicyclic) bond motifs is 1. The number of hydrogen-bond donors (Lipinski definition) is 0. The summed E-state index contributed by atoms with van der Waals surface area (Å²) in [4.78, 5) is 23.8. The summed E-state index contributed by atoms with van der Waals surface area (Å²) in [6, 6.07) is 13.3. The summed E-state index contributed by atoms with van der Waals surface area (Å²) in [5.41, 5.74) is 0.543. The van der Waals surface area contributed by atoms with Crippen molar-refractivity contribution in [1.82, 2.24) is 0 Å². The van der Waals surface area contributed by atoms with Crippen molar-refractivity contribution in [2.75, 3.05) is 6.61 Å². The van der Waals surface area contributed by atoms with Gasteiger partial charge in [0.2, 0.25) is 0 Å². The molecule has 2 rings (SSSR count).